The molecule has 15 heavy (non-hydrogen) atoms. The molecule has 0 amide bonds. The lowest BCUT2D eigenvalue weighted by molar-refractivity contribution is 0.404. The van der Waals surface area contributed by atoms with Crippen LogP contribution in [0, 0.1) is 6.92 Å². The van der Waals surface area contributed by atoms with Crippen LogP contribution in [0.15, 0.2) is 23.1 Å². The first kappa shape index (κ1) is 9.58. The van der Waals surface area contributed by atoms with Crippen molar-refractivity contribution in [3.63, 3.8) is 0 Å². The molecule has 0 saturated heterocycles. The molecule has 2 rings (SSSR count). The van der Waals surface area contributed by atoms with Crippen molar-refractivity contribution in [2.24, 2.45) is 7.05 Å². The van der Waals surface area contributed by atoms with E-state index in [0.717, 1.165) is 0 Å². The number of hydrogen-bond acceptors (Lipinski definition) is 3. The summed E-state index contributed by atoms with van der Waals surface area (Å²) in [5.74, 6) is -0.494. The van der Waals surface area contributed by atoms with E-state index in [-0.39, 0.29) is 16.9 Å². The summed E-state index contributed by atoms with van der Waals surface area (Å²) in [6.45, 7) is 1.71. The van der Waals surface area contributed by atoms with E-state index in [0.29, 0.717) is 16.5 Å². The fourth-order valence-corrected chi connectivity index (χ4v) is 1.67. The van der Waals surface area contributed by atoms with E-state index in [1.54, 1.807) is 24.7 Å². The number of phenolic OH excluding ortho intramolecular Hbond substituents is 2. The van der Waals surface area contributed by atoms with Crippen LogP contribution in [-0.2, 0) is 7.05 Å². The van der Waals surface area contributed by atoms with E-state index in [2.05, 4.69) is 0 Å². The van der Waals surface area contributed by atoms with Gasteiger partial charge in [-0.1, -0.05) is 0 Å². The van der Waals surface area contributed by atoms with Crippen molar-refractivity contribution in [1.82, 2.24) is 4.57 Å². The normalized spacial score (nSPS) is 10.8. The van der Waals surface area contributed by atoms with Gasteiger partial charge in [0.05, 0.1) is 5.52 Å². The summed E-state index contributed by atoms with van der Waals surface area (Å²) in [7, 11) is 1.78. The van der Waals surface area contributed by atoms with E-state index in [1.165, 1.54) is 12.1 Å². The number of aromatic hydroxyl groups is 2. The van der Waals surface area contributed by atoms with Crippen LogP contribution < -0.4 is 5.43 Å². The molecule has 0 saturated carbocycles. The van der Waals surface area contributed by atoms with Crippen LogP contribution in [0.2, 0.25) is 0 Å². The number of nitrogens with zero attached hydrogens (tertiary/aromatic N) is 1. The second-order valence-electron chi connectivity index (χ2n) is 3.61. The van der Waals surface area contributed by atoms with Gasteiger partial charge in [0.15, 0.2) is 16.9 Å². The van der Waals surface area contributed by atoms with E-state index >= 15 is 0 Å². The first-order valence-electron chi connectivity index (χ1n) is 4.52. The Kier molecular flexibility index (Phi) is 1.93. The summed E-state index contributed by atoms with van der Waals surface area (Å²) in [6, 6.07) is 2.67. The molecule has 0 atom stereocenters. The van der Waals surface area contributed by atoms with Crippen molar-refractivity contribution in [3.8, 4) is 11.5 Å². The average molecular weight is 205 g/mol. The minimum absolute atomic E-state index is 0.126. The predicted octanol–water partition coefficient (Wildman–Crippen LogP) is 1.26. The predicted molar refractivity (Wildman–Crippen MR) is 57.3 cm³/mol. The molecule has 2 aromatic rings. The molecule has 0 bridgehead atoms. The number of benzene rings is 1. The van der Waals surface area contributed by atoms with Crippen LogP contribution in [0.3, 0.4) is 0 Å². The Labute approximate surface area is 86.0 Å². The van der Waals surface area contributed by atoms with E-state index in [1.807, 2.05) is 0 Å². The Bertz CT molecular complexity index is 599. The zero-order valence-electron chi connectivity index (χ0n) is 8.48. The summed E-state index contributed by atoms with van der Waals surface area (Å²) in [5, 5.41) is 19.1. The first-order chi connectivity index (χ1) is 7.00. The van der Waals surface area contributed by atoms with Crippen molar-refractivity contribution in [3.05, 3.63) is 34.1 Å². The van der Waals surface area contributed by atoms with Gasteiger partial charge in [0.1, 0.15) is 0 Å². The molecule has 0 spiro atoms. The maximum atomic E-state index is 11.7. The summed E-state index contributed by atoms with van der Waals surface area (Å²) < 4.78 is 1.74. The Morgan fingerprint density at radius 2 is 1.80 bits per heavy atom. The van der Waals surface area contributed by atoms with Gasteiger partial charge in [-0.25, -0.2) is 0 Å². The molecular formula is C11H11NO3. The molecular weight excluding hydrogens is 194 g/mol. The average Bonchev–Trinajstić information content (AvgIpc) is 2.18. The Morgan fingerprint density at radius 1 is 1.20 bits per heavy atom. The maximum Gasteiger partial charge on any atom is 0.192 e. The molecule has 0 aliphatic heterocycles. The van der Waals surface area contributed by atoms with Gasteiger partial charge in [0, 0.05) is 30.3 Å². The Morgan fingerprint density at radius 3 is 2.47 bits per heavy atom. The smallest absolute Gasteiger partial charge is 0.192 e. The van der Waals surface area contributed by atoms with Crippen molar-refractivity contribution in [2.45, 2.75) is 6.92 Å². The first-order valence-corrected chi connectivity index (χ1v) is 4.52. The third kappa shape index (κ3) is 1.34. The third-order valence-corrected chi connectivity index (χ3v) is 2.46. The standard InChI is InChI=1S/C11H11NO3/c1-6-5-12(2)8-4-10(14)9(13)3-7(8)11(6)15/h3-5,13-14H,1-2H3. The third-order valence-electron chi connectivity index (χ3n) is 2.46. The molecule has 1 aromatic heterocycles. The van der Waals surface area contributed by atoms with Gasteiger partial charge >= 0.3 is 0 Å². The van der Waals surface area contributed by atoms with Crippen LogP contribution in [-0.4, -0.2) is 14.8 Å². The number of rotatable bonds is 0. The zero-order valence-corrected chi connectivity index (χ0v) is 8.48. The highest BCUT2D eigenvalue weighted by Gasteiger charge is 2.08. The van der Waals surface area contributed by atoms with E-state index in [4.69, 9.17) is 0 Å². The number of aromatic nitrogens is 1. The second kappa shape index (κ2) is 3.02. The molecule has 0 aliphatic carbocycles. The highest BCUT2D eigenvalue weighted by molar-refractivity contribution is 5.83. The van der Waals surface area contributed by atoms with Gasteiger partial charge in [0.25, 0.3) is 0 Å². The zero-order chi connectivity index (χ0) is 11.2. The molecule has 4 heteroatoms. The molecule has 2 N–H and O–H groups in total. The molecule has 78 valence electrons. The van der Waals surface area contributed by atoms with Crippen LogP contribution in [0.4, 0.5) is 0 Å². The van der Waals surface area contributed by atoms with Crippen molar-refractivity contribution >= 4 is 10.9 Å². The largest absolute Gasteiger partial charge is 0.504 e. The van der Waals surface area contributed by atoms with Crippen LogP contribution >= 0.6 is 0 Å². The molecule has 4 nitrogen and oxygen atoms in total. The SMILES string of the molecule is Cc1cn(C)c2cc(O)c(O)cc2c1=O. The topological polar surface area (TPSA) is 62.5 Å². The highest BCUT2D eigenvalue weighted by atomic mass is 16.3. The molecule has 0 unspecified atom stereocenters. The highest BCUT2D eigenvalue weighted by Crippen LogP contribution is 2.28. The fraction of sp³-hybridized carbons (Fsp3) is 0.182. The van der Waals surface area contributed by atoms with Gasteiger partial charge in [-0.15, -0.1) is 0 Å². The lowest BCUT2D eigenvalue weighted by Gasteiger charge is -2.07. The monoisotopic (exact) mass is 205 g/mol. The van der Waals surface area contributed by atoms with E-state index in [9.17, 15) is 15.0 Å². The van der Waals surface area contributed by atoms with Crippen molar-refractivity contribution < 1.29 is 10.2 Å². The van der Waals surface area contributed by atoms with E-state index < -0.39 is 0 Å². The minimum atomic E-state index is -0.273. The number of hydrogen-bond donors (Lipinski definition) is 2. The number of aryl methyl sites for hydroxylation is 2. The van der Waals surface area contributed by atoms with Gasteiger partial charge in [-0.3, -0.25) is 4.79 Å². The summed E-state index contributed by atoms with van der Waals surface area (Å²) in [5.41, 5.74) is 1.08. The van der Waals surface area contributed by atoms with Crippen LogP contribution in [0.1, 0.15) is 5.56 Å². The molecule has 0 radical (unpaired) electrons. The lowest BCUT2D eigenvalue weighted by atomic mass is 10.1. The second-order valence-corrected chi connectivity index (χ2v) is 3.61. The number of phenols is 2. The van der Waals surface area contributed by atoms with Gasteiger partial charge in [-0.05, 0) is 13.0 Å². The quantitative estimate of drug-likeness (QED) is 0.636. The Hall–Kier alpha value is -1.97. The molecule has 0 aliphatic rings. The molecule has 0 fully saturated rings. The summed E-state index contributed by atoms with van der Waals surface area (Å²) in [6.07, 6.45) is 1.70. The Balaban J connectivity index is 3.04. The number of fused-ring (bicyclic) bond motifs is 1. The van der Waals surface area contributed by atoms with Gasteiger partial charge in [0.2, 0.25) is 0 Å². The lowest BCUT2D eigenvalue weighted by Crippen LogP contribution is -2.09. The van der Waals surface area contributed by atoms with Gasteiger partial charge in [-0.2, -0.15) is 0 Å². The fourth-order valence-electron chi connectivity index (χ4n) is 1.67. The molecule has 1 aromatic carbocycles. The number of pyridine rings is 1. The maximum absolute atomic E-state index is 11.7. The summed E-state index contributed by atoms with van der Waals surface area (Å²) >= 11 is 0. The van der Waals surface area contributed by atoms with Crippen molar-refractivity contribution in [1.29, 1.82) is 0 Å². The summed E-state index contributed by atoms with van der Waals surface area (Å²) in [4.78, 5) is 11.7. The van der Waals surface area contributed by atoms with Gasteiger partial charge < -0.3 is 14.8 Å². The molecule has 1 heterocycles. The minimum Gasteiger partial charge on any atom is -0.504 e. The van der Waals surface area contributed by atoms with Crippen molar-refractivity contribution in [2.75, 3.05) is 0 Å². The van der Waals surface area contributed by atoms with Crippen LogP contribution in [0.5, 0.6) is 11.5 Å². The van der Waals surface area contributed by atoms with Crippen LogP contribution in [0.25, 0.3) is 10.9 Å².